The van der Waals surface area contributed by atoms with Crippen LogP contribution >= 0.6 is 15.9 Å². The minimum Gasteiger partial charge on any atom is -0.481 e. The van der Waals surface area contributed by atoms with E-state index in [0.29, 0.717) is 31.7 Å². The van der Waals surface area contributed by atoms with Gasteiger partial charge in [-0.1, -0.05) is 28.1 Å². The summed E-state index contributed by atoms with van der Waals surface area (Å²) in [5.41, 5.74) is 2.26. The number of aryl methyl sites for hydroxylation is 1. The maximum atomic E-state index is 13.5. The third-order valence-corrected chi connectivity index (χ3v) is 6.93. The zero-order valence-electron chi connectivity index (χ0n) is 20.2. The van der Waals surface area contributed by atoms with Crippen molar-refractivity contribution < 1.29 is 18.7 Å². The first kappa shape index (κ1) is 25.4. The lowest BCUT2D eigenvalue weighted by Gasteiger charge is -2.38. The van der Waals surface area contributed by atoms with Crippen LogP contribution in [0.15, 0.2) is 76.0 Å². The number of furan rings is 1. The van der Waals surface area contributed by atoms with Crippen LogP contribution in [-0.2, 0) is 6.42 Å². The van der Waals surface area contributed by atoms with E-state index in [1.54, 1.807) is 31.8 Å². The van der Waals surface area contributed by atoms with E-state index >= 15 is 0 Å². The number of hydrogen-bond donors (Lipinski definition) is 1. The summed E-state index contributed by atoms with van der Waals surface area (Å²) in [6.45, 7) is 0.684. The molecule has 0 aliphatic heterocycles. The van der Waals surface area contributed by atoms with Crippen molar-refractivity contribution in [1.82, 2.24) is 9.88 Å². The summed E-state index contributed by atoms with van der Waals surface area (Å²) in [6.07, 6.45) is 4.85. The van der Waals surface area contributed by atoms with Gasteiger partial charge in [-0.3, -0.25) is 0 Å². The lowest BCUT2D eigenvalue weighted by molar-refractivity contribution is 0.000634. The Morgan fingerprint density at radius 3 is 2.54 bits per heavy atom. The average molecular weight is 541 g/mol. The number of rotatable bonds is 10. The zero-order valence-corrected chi connectivity index (χ0v) is 21.8. The van der Waals surface area contributed by atoms with Crippen molar-refractivity contribution >= 4 is 26.8 Å². The summed E-state index contributed by atoms with van der Waals surface area (Å²) >= 11 is 3.55. The van der Waals surface area contributed by atoms with Crippen LogP contribution < -0.4 is 4.74 Å². The third kappa shape index (κ3) is 5.92. The summed E-state index contributed by atoms with van der Waals surface area (Å²) in [5.74, 6) is -0.255. The molecule has 4 aromatic rings. The number of benzene rings is 2. The Hall–Kier alpha value is -2.74. The predicted octanol–water partition coefficient (Wildman–Crippen LogP) is 6.19. The van der Waals surface area contributed by atoms with Crippen LogP contribution in [0.1, 0.15) is 35.4 Å². The molecule has 0 fully saturated rings. The number of fused-ring (bicyclic) bond motifs is 1. The van der Waals surface area contributed by atoms with Gasteiger partial charge < -0.3 is 19.2 Å². The molecule has 7 heteroatoms. The Morgan fingerprint density at radius 2 is 1.89 bits per heavy atom. The molecule has 2 heterocycles. The SMILES string of the molecule is COc1nc2ccc(Br)cc2cc1C(c1ccoc1)C(O)(CCc1ccc(F)cc1)CCN(C)C. The number of aliphatic hydroxyl groups is 1. The first-order valence-electron chi connectivity index (χ1n) is 11.6. The normalized spacial score (nSPS) is 14.3. The van der Waals surface area contributed by atoms with Crippen LogP contribution in [0, 0.1) is 5.82 Å². The van der Waals surface area contributed by atoms with Gasteiger partial charge in [0.2, 0.25) is 5.88 Å². The van der Waals surface area contributed by atoms with Crippen LogP contribution in [0.2, 0.25) is 0 Å². The van der Waals surface area contributed by atoms with E-state index in [1.165, 1.54) is 12.1 Å². The molecule has 184 valence electrons. The van der Waals surface area contributed by atoms with Crippen molar-refractivity contribution in [3.63, 3.8) is 0 Å². The summed E-state index contributed by atoms with van der Waals surface area (Å²) < 4.78 is 25.6. The van der Waals surface area contributed by atoms with Crippen LogP contribution in [0.4, 0.5) is 4.39 Å². The number of halogens is 2. The number of aromatic nitrogens is 1. The monoisotopic (exact) mass is 540 g/mol. The molecule has 0 amide bonds. The van der Waals surface area contributed by atoms with Crippen molar-refractivity contribution in [3.8, 4) is 5.88 Å². The topological polar surface area (TPSA) is 58.7 Å². The first-order chi connectivity index (χ1) is 16.8. The third-order valence-electron chi connectivity index (χ3n) is 6.44. The molecule has 0 spiro atoms. The second-order valence-corrected chi connectivity index (χ2v) is 10.1. The largest absolute Gasteiger partial charge is 0.481 e. The van der Waals surface area contributed by atoms with Gasteiger partial charge in [-0.2, -0.15) is 0 Å². The number of nitrogens with zero attached hydrogens (tertiary/aromatic N) is 2. The molecule has 0 bridgehead atoms. The second kappa shape index (κ2) is 10.9. The van der Waals surface area contributed by atoms with Gasteiger partial charge in [0.05, 0.1) is 30.8 Å². The lowest BCUT2D eigenvalue weighted by Crippen LogP contribution is -2.40. The first-order valence-corrected chi connectivity index (χ1v) is 12.4. The summed E-state index contributed by atoms with van der Waals surface area (Å²) in [5, 5.41) is 13.3. The van der Waals surface area contributed by atoms with E-state index in [1.807, 2.05) is 44.4 Å². The van der Waals surface area contributed by atoms with Gasteiger partial charge in [0.15, 0.2) is 0 Å². The van der Waals surface area contributed by atoms with Gasteiger partial charge in [0.1, 0.15) is 5.82 Å². The highest BCUT2D eigenvalue weighted by Gasteiger charge is 2.41. The molecule has 1 N–H and O–H groups in total. The van der Waals surface area contributed by atoms with Crippen molar-refractivity contribution in [2.24, 2.45) is 0 Å². The highest BCUT2D eigenvalue weighted by Crippen LogP contribution is 2.44. The predicted molar refractivity (Wildman–Crippen MR) is 139 cm³/mol. The fourth-order valence-corrected chi connectivity index (χ4v) is 4.96. The molecular formula is C28H30BrFN2O3. The van der Waals surface area contributed by atoms with Gasteiger partial charge in [0, 0.05) is 33.4 Å². The van der Waals surface area contributed by atoms with Gasteiger partial charge >= 0.3 is 0 Å². The van der Waals surface area contributed by atoms with Gasteiger partial charge in [-0.15, -0.1) is 0 Å². The van der Waals surface area contributed by atoms with Crippen molar-refractivity contribution in [2.75, 3.05) is 27.7 Å². The zero-order chi connectivity index (χ0) is 25.0. The summed E-state index contributed by atoms with van der Waals surface area (Å²) in [7, 11) is 5.58. The average Bonchev–Trinajstić information content (AvgIpc) is 3.36. The molecule has 2 atom stereocenters. The number of hydrogen-bond acceptors (Lipinski definition) is 5. The maximum Gasteiger partial charge on any atom is 0.217 e. The molecule has 0 radical (unpaired) electrons. The van der Waals surface area contributed by atoms with E-state index in [0.717, 1.165) is 32.1 Å². The molecule has 35 heavy (non-hydrogen) atoms. The van der Waals surface area contributed by atoms with Crippen LogP contribution in [0.3, 0.4) is 0 Å². The smallest absolute Gasteiger partial charge is 0.217 e. The van der Waals surface area contributed by atoms with E-state index < -0.39 is 11.5 Å². The van der Waals surface area contributed by atoms with Crippen molar-refractivity contribution in [2.45, 2.75) is 30.8 Å². The molecule has 0 aliphatic rings. The van der Waals surface area contributed by atoms with Gasteiger partial charge in [-0.25, -0.2) is 9.37 Å². The Balaban J connectivity index is 1.83. The van der Waals surface area contributed by atoms with E-state index in [-0.39, 0.29) is 5.82 Å². The Bertz CT molecular complexity index is 1260. The highest BCUT2D eigenvalue weighted by molar-refractivity contribution is 9.10. The quantitative estimate of drug-likeness (QED) is 0.260. The number of ether oxygens (including phenoxy) is 1. The summed E-state index contributed by atoms with van der Waals surface area (Å²) in [4.78, 5) is 6.82. The lowest BCUT2D eigenvalue weighted by atomic mass is 9.73. The number of pyridine rings is 1. The number of methoxy groups -OCH3 is 1. The van der Waals surface area contributed by atoms with Crippen LogP contribution in [0.25, 0.3) is 10.9 Å². The standard InChI is InChI=1S/C28H30BrFN2O3/c1-32(2)14-13-28(33,12-10-19-4-7-23(30)8-5-19)26(20-11-15-35-18-20)24-17-21-16-22(29)6-9-25(21)31-27(24)34-3/h4-9,11,15-18,26,33H,10,12-14H2,1-3H3. The van der Waals surface area contributed by atoms with Crippen molar-refractivity contribution in [3.05, 3.63) is 94.1 Å². The molecule has 2 aromatic heterocycles. The maximum absolute atomic E-state index is 13.5. The van der Waals surface area contributed by atoms with Gasteiger partial charge in [-0.05, 0) is 81.4 Å². The molecular weight excluding hydrogens is 511 g/mol. The molecule has 2 unspecified atom stereocenters. The highest BCUT2D eigenvalue weighted by atomic mass is 79.9. The minimum absolute atomic E-state index is 0.272. The van der Waals surface area contributed by atoms with E-state index in [9.17, 15) is 9.50 Å². The van der Waals surface area contributed by atoms with Crippen molar-refractivity contribution in [1.29, 1.82) is 0 Å². The van der Waals surface area contributed by atoms with E-state index in [4.69, 9.17) is 14.1 Å². The molecule has 0 aliphatic carbocycles. The molecule has 0 saturated heterocycles. The molecule has 5 nitrogen and oxygen atoms in total. The Kier molecular flexibility index (Phi) is 7.89. The Morgan fingerprint density at radius 1 is 1.11 bits per heavy atom. The molecule has 2 aromatic carbocycles. The fraction of sp³-hybridized carbons (Fsp3) is 0.321. The van der Waals surface area contributed by atoms with Crippen LogP contribution in [0.5, 0.6) is 5.88 Å². The summed E-state index contributed by atoms with van der Waals surface area (Å²) in [6, 6.07) is 16.3. The van der Waals surface area contributed by atoms with Crippen LogP contribution in [-0.4, -0.2) is 48.3 Å². The second-order valence-electron chi connectivity index (χ2n) is 9.20. The van der Waals surface area contributed by atoms with E-state index in [2.05, 4.69) is 20.8 Å². The Labute approximate surface area is 213 Å². The minimum atomic E-state index is -1.16. The molecule has 0 saturated carbocycles. The fourth-order valence-electron chi connectivity index (χ4n) is 4.58. The van der Waals surface area contributed by atoms with Gasteiger partial charge in [0.25, 0.3) is 0 Å². The molecule has 4 rings (SSSR count).